The Balaban J connectivity index is 0.989. The summed E-state index contributed by atoms with van der Waals surface area (Å²) in [6.07, 6.45) is 0. The molecule has 12 aromatic carbocycles. The molecule has 0 fully saturated rings. The minimum absolute atomic E-state index is 0.609. The first kappa shape index (κ1) is 51.6. The van der Waals surface area contributed by atoms with Crippen molar-refractivity contribution in [2.24, 2.45) is 0 Å². The van der Waals surface area contributed by atoms with Crippen LogP contribution in [0.2, 0.25) is 0 Å². The molecule has 414 valence electrons. The van der Waals surface area contributed by atoms with E-state index in [9.17, 15) is 0 Å². The third kappa shape index (κ3) is 9.29. The maximum atomic E-state index is 5.44. The van der Waals surface area contributed by atoms with Crippen molar-refractivity contribution >= 4 is 68.2 Å². The van der Waals surface area contributed by atoms with Crippen molar-refractivity contribution in [1.29, 1.82) is 0 Å². The Morgan fingerprint density at radius 3 is 0.659 bits per heavy atom. The van der Waals surface area contributed by atoms with Crippen LogP contribution < -0.4 is 19.6 Å². The lowest BCUT2D eigenvalue weighted by Gasteiger charge is -2.42. The van der Waals surface area contributed by atoms with Gasteiger partial charge in [-0.2, -0.15) is 0 Å². The lowest BCUT2D eigenvalue weighted by Crippen LogP contribution is -2.25. The molecule has 2 aliphatic heterocycles. The van der Waals surface area contributed by atoms with E-state index in [1.165, 1.54) is 0 Å². The van der Waals surface area contributed by atoms with Gasteiger partial charge in [0.2, 0.25) is 0 Å². The molecule has 0 aliphatic carbocycles. The largest absolute Gasteiger partial charge is 0.306 e. The second-order valence-electron chi connectivity index (χ2n) is 21.8. The van der Waals surface area contributed by atoms with Gasteiger partial charge in [-0.05, 0) is 97.1 Å². The minimum atomic E-state index is 0.609. The average molecular weight is 1130 g/mol. The molecule has 0 N–H and O–H groups in total. The van der Waals surface area contributed by atoms with Crippen molar-refractivity contribution in [3.05, 3.63) is 328 Å². The summed E-state index contributed by atoms with van der Waals surface area (Å²) >= 11 is 0. The van der Waals surface area contributed by atoms with Gasteiger partial charge in [0.25, 0.3) is 0 Å². The highest BCUT2D eigenvalue weighted by atomic mass is 15.3. The van der Waals surface area contributed by atoms with Gasteiger partial charge in [0.1, 0.15) is 0 Å². The number of hydrogen-bond donors (Lipinski definition) is 0. The molecule has 14 aromatic rings. The molecule has 8 heteroatoms. The van der Waals surface area contributed by atoms with Crippen LogP contribution >= 0.6 is 0 Å². The standard InChI is InChI=1S/C80H54N8/c1-7-27-55(28-8-1)65-53-66(56-29-9-2-10-30-56)82-79(81-65)59-47-49-63(77(51-59)87-73-43-23-19-39-69(73)85(61-35-15-5-16-36-61)70-40-20-24-44-74(70)87)64-50-48-60(80-83-67(57-31-11-3-12-32-57)54-68(84-80)58-33-13-4-14-34-58)52-78(64)88-75-45-25-21-41-71(75)86(62-37-17-6-18-38-62)72-42-22-26-46-76(72)88/h1-54H. The molecule has 0 bridgehead atoms. The average Bonchev–Trinajstić information content (AvgIpc) is 0.913. The molecule has 4 heterocycles. The summed E-state index contributed by atoms with van der Waals surface area (Å²) in [4.78, 5) is 31.4. The number of anilines is 12. The van der Waals surface area contributed by atoms with Crippen LogP contribution in [0.3, 0.4) is 0 Å². The van der Waals surface area contributed by atoms with Crippen LogP contribution in [0.25, 0.3) is 78.9 Å². The van der Waals surface area contributed by atoms with Crippen LogP contribution in [0, 0.1) is 0 Å². The first-order valence-corrected chi connectivity index (χ1v) is 29.6. The van der Waals surface area contributed by atoms with Crippen molar-refractivity contribution in [2.75, 3.05) is 19.6 Å². The quantitative estimate of drug-likeness (QED) is 0.127. The predicted octanol–water partition coefficient (Wildman–Crippen LogP) is 21.4. The third-order valence-electron chi connectivity index (χ3n) is 16.5. The SMILES string of the molecule is c1ccc(-c2cc(-c3ccccc3)nc(-c3ccc(-c4ccc(-c5nc(-c6ccccc6)cc(-c6ccccc6)n5)cc4N4c5ccccc5N(c5ccccc5)c5ccccc54)c(N4c5ccccc5N(c5ccccc5)c5ccccc54)c3)n2)cc1. The van der Waals surface area contributed by atoms with E-state index in [2.05, 4.69) is 323 Å². The molecular weight excluding hydrogens is 1070 g/mol. The van der Waals surface area contributed by atoms with E-state index in [4.69, 9.17) is 19.9 Å². The molecule has 0 saturated heterocycles. The highest BCUT2D eigenvalue weighted by molar-refractivity contribution is 6.08. The molecular formula is C80H54N8. The van der Waals surface area contributed by atoms with E-state index in [1.54, 1.807) is 0 Å². The molecule has 0 unspecified atom stereocenters. The number of para-hydroxylation sites is 10. The van der Waals surface area contributed by atoms with Crippen molar-refractivity contribution in [3.63, 3.8) is 0 Å². The highest BCUT2D eigenvalue weighted by Crippen LogP contribution is 2.59. The molecule has 8 nitrogen and oxygen atoms in total. The third-order valence-corrected chi connectivity index (χ3v) is 16.5. The van der Waals surface area contributed by atoms with Crippen LogP contribution in [0.15, 0.2) is 328 Å². The summed E-state index contributed by atoms with van der Waals surface area (Å²) in [6, 6.07) is 115. The van der Waals surface area contributed by atoms with E-state index in [0.29, 0.717) is 11.6 Å². The minimum Gasteiger partial charge on any atom is -0.306 e. The first-order chi connectivity index (χ1) is 43.7. The van der Waals surface area contributed by atoms with E-state index >= 15 is 0 Å². The number of fused-ring (bicyclic) bond motifs is 4. The van der Waals surface area contributed by atoms with Crippen LogP contribution in [0.5, 0.6) is 0 Å². The Labute approximate surface area is 511 Å². The Hall–Kier alpha value is -12.0. The predicted molar refractivity (Wildman–Crippen MR) is 362 cm³/mol. The van der Waals surface area contributed by atoms with E-state index in [1.807, 2.05) is 24.3 Å². The maximum absolute atomic E-state index is 5.44. The molecule has 2 aromatic heterocycles. The smallest absolute Gasteiger partial charge is 0.160 e. The molecule has 0 radical (unpaired) electrons. The Kier molecular flexibility index (Phi) is 13.0. The zero-order chi connectivity index (χ0) is 58.3. The van der Waals surface area contributed by atoms with Gasteiger partial charge in [-0.25, -0.2) is 19.9 Å². The second kappa shape index (κ2) is 22.2. The summed E-state index contributed by atoms with van der Waals surface area (Å²) in [5, 5.41) is 0. The molecule has 16 rings (SSSR count). The van der Waals surface area contributed by atoms with E-state index in [0.717, 1.165) is 136 Å². The number of nitrogens with zero attached hydrogens (tertiary/aromatic N) is 8. The molecule has 0 amide bonds. The van der Waals surface area contributed by atoms with Crippen molar-refractivity contribution in [3.8, 4) is 78.9 Å². The van der Waals surface area contributed by atoms with Gasteiger partial charge in [-0.3, -0.25) is 0 Å². The zero-order valence-electron chi connectivity index (χ0n) is 47.8. The first-order valence-electron chi connectivity index (χ1n) is 29.6. The van der Waals surface area contributed by atoms with Gasteiger partial charge in [-0.1, -0.05) is 231 Å². The number of benzene rings is 12. The van der Waals surface area contributed by atoms with Gasteiger partial charge in [0.15, 0.2) is 11.6 Å². The lowest BCUT2D eigenvalue weighted by atomic mass is 9.93. The summed E-state index contributed by atoms with van der Waals surface area (Å²) in [6.45, 7) is 0. The summed E-state index contributed by atoms with van der Waals surface area (Å²) in [5.41, 5.74) is 23.3. The van der Waals surface area contributed by atoms with E-state index < -0.39 is 0 Å². The van der Waals surface area contributed by atoms with Crippen LogP contribution in [0.1, 0.15) is 0 Å². The van der Waals surface area contributed by atoms with Crippen LogP contribution in [-0.4, -0.2) is 19.9 Å². The lowest BCUT2D eigenvalue weighted by molar-refractivity contribution is 1.15. The van der Waals surface area contributed by atoms with Crippen molar-refractivity contribution < 1.29 is 0 Å². The van der Waals surface area contributed by atoms with Gasteiger partial charge in [-0.15, -0.1) is 0 Å². The van der Waals surface area contributed by atoms with Gasteiger partial charge in [0.05, 0.1) is 79.6 Å². The fourth-order valence-electron chi connectivity index (χ4n) is 12.5. The highest BCUT2D eigenvalue weighted by Gasteiger charge is 2.35. The molecule has 0 spiro atoms. The van der Waals surface area contributed by atoms with Crippen molar-refractivity contribution in [1.82, 2.24) is 19.9 Å². The van der Waals surface area contributed by atoms with Gasteiger partial charge < -0.3 is 19.6 Å². The fourth-order valence-corrected chi connectivity index (χ4v) is 12.5. The normalized spacial score (nSPS) is 12.2. The molecule has 0 atom stereocenters. The maximum Gasteiger partial charge on any atom is 0.160 e. The zero-order valence-corrected chi connectivity index (χ0v) is 47.8. The van der Waals surface area contributed by atoms with E-state index in [-0.39, 0.29) is 0 Å². The number of aromatic nitrogens is 4. The summed E-state index contributed by atoms with van der Waals surface area (Å²) < 4.78 is 0. The number of rotatable bonds is 11. The molecule has 0 saturated carbocycles. The van der Waals surface area contributed by atoms with Crippen molar-refractivity contribution in [2.45, 2.75) is 0 Å². The second-order valence-corrected chi connectivity index (χ2v) is 21.8. The molecule has 88 heavy (non-hydrogen) atoms. The number of hydrogen-bond acceptors (Lipinski definition) is 8. The van der Waals surface area contributed by atoms with Crippen LogP contribution in [-0.2, 0) is 0 Å². The Morgan fingerprint density at radius 1 is 0.170 bits per heavy atom. The van der Waals surface area contributed by atoms with Gasteiger partial charge in [0, 0.05) is 55.9 Å². The van der Waals surface area contributed by atoms with Gasteiger partial charge >= 0.3 is 0 Å². The van der Waals surface area contributed by atoms with Crippen LogP contribution in [0.4, 0.5) is 68.2 Å². The monoisotopic (exact) mass is 1130 g/mol. The Morgan fingerprint density at radius 2 is 0.398 bits per heavy atom. The summed E-state index contributed by atoms with van der Waals surface area (Å²) in [5.74, 6) is 1.22. The topological polar surface area (TPSA) is 64.5 Å². The fraction of sp³-hybridized carbons (Fsp3) is 0. The summed E-state index contributed by atoms with van der Waals surface area (Å²) in [7, 11) is 0. The molecule has 2 aliphatic rings. The Bertz CT molecular complexity index is 4350.